The Hall–Kier alpha value is -1.12. The molecule has 0 radical (unpaired) electrons. The van der Waals surface area contributed by atoms with Crippen molar-refractivity contribution >= 4 is 5.57 Å². The molecule has 0 aliphatic heterocycles. The third kappa shape index (κ3) is 4.55. The van der Waals surface area contributed by atoms with Crippen LogP contribution in [0.3, 0.4) is 0 Å². The second kappa shape index (κ2) is 10.5. The largest absolute Gasteiger partial charge is 0.380 e. The Morgan fingerprint density at radius 3 is 2.30 bits per heavy atom. The van der Waals surface area contributed by atoms with Gasteiger partial charge in [0.05, 0.1) is 12.0 Å². The summed E-state index contributed by atoms with van der Waals surface area (Å²) in [4.78, 5) is 0. The summed E-state index contributed by atoms with van der Waals surface area (Å²) < 4.78 is 6.14. The topological polar surface area (TPSA) is 21.3 Å². The standard InChI is InChI=1S/C28H43NO/c1-3-18-29-20-28(21-30-4-2)19-25(23-14-9-6-10-15-23)27-24(16-11-17-26(27)28)22-12-7-5-8-13-22/h11,16-17,19,22-23,29H,3-10,12-15,18,20-21H2,1-2H3. The van der Waals surface area contributed by atoms with Crippen molar-refractivity contribution in [2.24, 2.45) is 5.92 Å². The van der Waals surface area contributed by atoms with Crippen LogP contribution in [-0.4, -0.2) is 26.3 Å². The van der Waals surface area contributed by atoms with E-state index < -0.39 is 0 Å². The number of benzene rings is 1. The number of hydrogen-bond acceptors (Lipinski definition) is 2. The van der Waals surface area contributed by atoms with Crippen LogP contribution in [0.5, 0.6) is 0 Å². The molecule has 1 atom stereocenters. The van der Waals surface area contributed by atoms with Gasteiger partial charge in [0, 0.05) is 13.2 Å². The molecule has 0 amide bonds. The molecular weight excluding hydrogens is 366 g/mol. The van der Waals surface area contributed by atoms with Crippen molar-refractivity contribution in [3.63, 3.8) is 0 Å². The highest BCUT2D eigenvalue weighted by atomic mass is 16.5. The third-order valence-electron chi connectivity index (χ3n) is 7.87. The van der Waals surface area contributed by atoms with Crippen molar-refractivity contribution in [1.29, 1.82) is 0 Å². The molecular formula is C28H43NO. The smallest absolute Gasteiger partial charge is 0.0610 e. The summed E-state index contributed by atoms with van der Waals surface area (Å²) in [5.74, 6) is 1.50. The first-order valence-electron chi connectivity index (χ1n) is 12.9. The number of allylic oxidation sites excluding steroid dienone is 1. The van der Waals surface area contributed by atoms with Crippen molar-refractivity contribution < 1.29 is 4.74 Å². The summed E-state index contributed by atoms with van der Waals surface area (Å²) >= 11 is 0. The van der Waals surface area contributed by atoms with Gasteiger partial charge >= 0.3 is 0 Å². The zero-order chi connectivity index (χ0) is 20.8. The van der Waals surface area contributed by atoms with E-state index in [1.165, 1.54) is 70.6 Å². The number of rotatable bonds is 9. The summed E-state index contributed by atoms with van der Waals surface area (Å²) in [6.07, 6.45) is 17.8. The lowest BCUT2D eigenvalue weighted by atomic mass is 9.75. The molecule has 0 spiro atoms. The highest BCUT2D eigenvalue weighted by Crippen LogP contribution is 2.51. The van der Waals surface area contributed by atoms with Gasteiger partial charge in [-0.3, -0.25) is 0 Å². The van der Waals surface area contributed by atoms with E-state index in [9.17, 15) is 0 Å². The fourth-order valence-electron chi connectivity index (χ4n) is 6.33. The number of nitrogens with one attached hydrogen (secondary N) is 1. The molecule has 1 aromatic carbocycles. The Kier molecular flexibility index (Phi) is 7.70. The molecule has 2 nitrogen and oxygen atoms in total. The van der Waals surface area contributed by atoms with Crippen LogP contribution in [-0.2, 0) is 10.2 Å². The molecule has 3 aliphatic carbocycles. The first-order chi connectivity index (χ1) is 14.8. The highest BCUT2D eigenvalue weighted by Gasteiger charge is 2.42. The predicted octanol–water partition coefficient (Wildman–Crippen LogP) is 6.99. The molecule has 1 aromatic rings. The first kappa shape index (κ1) is 22.1. The zero-order valence-electron chi connectivity index (χ0n) is 19.5. The van der Waals surface area contributed by atoms with Crippen molar-refractivity contribution in [1.82, 2.24) is 5.32 Å². The molecule has 1 unspecified atom stereocenters. The fourth-order valence-corrected chi connectivity index (χ4v) is 6.33. The molecule has 0 bridgehead atoms. The summed E-state index contributed by atoms with van der Waals surface area (Å²) in [7, 11) is 0. The van der Waals surface area contributed by atoms with Gasteiger partial charge < -0.3 is 10.1 Å². The third-order valence-corrected chi connectivity index (χ3v) is 7.87. The molecule has 30 heavy (non-hydrogen) atoms. The second-order valence-electron chi connectivity index (χ2n) is 10.0. The summed E-state index contributed by atoms with van der Waals surface area (Å²) in [6, 6.07) is 7.25. The van der Waals surface area contributed by atoms with Gasteiger partial charge in [0.2, 0.25) is 0 Å². The van der Waals surface area contributed by atoms with E-state index >= 15 is 0 Å². The molecule has 1 N–H and O–H groups in total. The Balaban J connectivity index is 1.77. The van der Waals surface area contributed by atoms with Crippen LogP contribution in [0.2, 0.25) is 0 Å². The van der Waals surface area contributed by atoms with Crippen molar-refractivity contribution in [3.05, 3.63) is 41.0 Å². The van der Waals surface area contributed by atoms with E-state index in [2.05, 4.69) is 43.4 Å². The maximum absolute atomic E-state index is 6.14. The van der Waals surface area contributed by atoms with E-state index in [1.807, 2.05) is 0 Å². The van der Waals surface area contributed by atoms with Gasteiger partial charge in [-0.05, 0) is 79.7 Å². The molecule has 2 fully saturated rings. The Labute approximate surface area is 184 Å². The van der Waals surface area contributed by atoms with Crippen LogP contribution in [0.4, 0.5) is 0 Å². The van der Waals surface area contributed by atoms with Crippen molar-refractivity contribution in [2.45, 2.75) is 95.8 Å². The lowest BCUT2D eigenvalue weighted by Gasteiger charge is -2.31. The Morgan fingerprint density at radius 2 is 1.63 bits per heavy atom. The van der Waals surface area contributed by atoms with Crippen molar-refractivity contribution in [2.75, 3.05) is 26.3 Å². The molecule has 2 saturated carbocycles. The second-order valence-corrected chi connectivity index (χ2v) is 10.0. The van der Waals surface area contributed by atoms with Gasteiger partial charge in [-0.25, -0.2) is 0 Å². The SMILES string of the molecule is CCCNCC1(COCC)C=C(C2CCCCC2)c2c(C3CCCCC3)cccc21. The zero-order valence-corrected chi connectivity index (χ0v) is 19.5. The van der Waals surface area contributed by atoms with Gasteiger partial charge in [-0.2, -0.15) is 0 Å². The molecule has 4 rings (SSSR count). The summed E-state index contributed by atoms with van der Waals surface area (Å²) in [5, 5.41) is 3.77. The lowest BCUT2D eigenvalue weighted by molar-refractivity contribution is 0.109. The maximum Gasteiger partial charge on any atom is 0.0610 e. The minimum atomic E-state index is -0.00201. The van der Waals surface area contributed by atoms with Crippen LogP contribution in [0, 0.1) is 5.92 Å². The number of fused-ring (bicyclic) bond motifs is 1. The van der Waals surface area contributed by atoms with Crippen LogP contribution < -0.4 is 5.32 Å². The normalized spacial score (nSPS) is 25.3. The summed E-state index contributed by atoms with van der Waals surface area (Å²) in [5.41, 5.74) is 6.55. The van der Waals surface area contributed by atoms with Crippen molar-refractivity contribution in [3.8, 4) is 0 Å². The molecule has 166 valence electrons. The molecule has 3 aliphatic rings. The maximum atomic E-state index is 6.14. The van der Waals surface area contributed by atoms with E-state index in [1.54, 1.807) is 22.3 Å². The summed E-state index contributed by atoms with van der Waals surface area (Å²) in [6.45, 7) is 8.07. The molecule has 0 saturated heterocycles. The molecule has 0 aromatic heterocycles. The van der Waals surface area contributed by atoms with Crippen LogP contribution >= 0.6 is 0 Å². The Morgan fingerprint density at radius 1 is 0.933 bits per heavy atom. The van der Waals surface area contributed by atoms with Crippen LogP contribution in [0.1, 0.15) is 107 Å². The molecule has 0 heterocycles. The van der Waals surface area contributed by atoms with Gasteiger partial charge in [-0.15, -0.1) is 0 Å². The highest BCUT2D eigenvalue weighted by molar-refractivity contribution is 5.81. The first-order valence-corrected chi connectivity index (χ1v) is 12.9. The molecule has 2 heteroatoms. The van der Waals surface area contributed by atoms with Gasteiger partial charge in [0.25, 0.3) is 0 Å². The Bertz CT molecular complexity index is 711. The number of hydrogen-bond donors (Lipinski definition) is 1. The average Bonchev–Trinajstić information content (AvgIpc) is 3.14. The van der Waals surface area contributed by atoms with E-state index in [-0.39, 0.29) is 5.41 Å². The van der Waals surface area contributed by atoms with E-state index in [0.717, 1.165) is 38.1 Å². The quantitative estimate of drug-likeness (QED) is 0.444. The average molecular weight is 410 g/mol. The van der Waals surface area contributed by atoms with Gasteiger partial charge in [0.1, 0.15) is 0 Å². The van der Waals surface area contributed by atoms with Gasteiger partial charge in [-0.1, -0.05) is 69.7 Å². The number of ether oxygens (including phenoxy) is 1. The fraction of sp³-hybridized carbons (Fsp3) is 0.714. The van der Waals surface area contributed by atoms with Gasteiger partial charge in [0.15, 0.2) is 0 Å². The lowest BCUT2D eigenvalue weighted by Crippen LogP contribution is -2.40. The minimum absolute atomic E-state index is 0.00201. The van der Waals surface area contributed by atoms with Crippen LogP contribution in [0.25, 0.3) is 5.57 Å². The monoisotopic (exact) mass is 409 g/mol. The minimum Gasteiger partial charge on any atom is -0.380 e. The van der Waals surface area contributed by atoms with E-state index in [0.29, 0.717) is 0 Å². The predicted molar refractivity (Wildman–Crippen MR) is 128 cm³/mol. The van der Waals surface area contributed by atoms with Crippen LogP contribution in [0.15, 0.2) is 24.3 Å². The van der Waals surface area contributed by atoms with E-state index in [4.69, 9.17) is 4.74 Å².